The highest BCUT2D eigenvalue weighted by molar-refractivity contribution is 7.99. The molecule has 8 heteroatoms. The van der Waals surface area contributed by atoms with E-state index in [1.54, 1.807) is 23.9 Å². The largest absolute Gasteiger partial charge is 0.495 e. The summed E-state index contributed by atoms with van der Waals surface area (Å²) in [6.07, 6.45) is 1.08. The first-order chi connectivity index (χ1) is 13.2. The summed E-state index contributed by atoms with van der Waals surface area (Å²) in [4.78, 5) is 13.5. The molecule has 0 aliphatic heterocycles. The van der Waals surface area contributed by atoms with Gasteiger partial charge in [0, 0.05) is 17.2 Å². The Morgan fingerprint density at radius 1 is 1.11 bits per heavy atom. The van der Waals surface area contributed by atoms with Crippen LogP contribution in [0, 0.1) is 13.8 Å². The topological polar surface area (TPSA) is 75.7 Å². The Morgan fingerprint density at radius 2 is 1.75 bits per heavy atom. The molecule has 2 aromatic rings. The van der Waals surface area contributed by atoms with Crippen molar-refractivity contribution in [3.63, 3.8) is 0 Å². The summed E-state index contributed by atoms with van der Waals surface area (Å²) in [5.74, 6) is 0.735. The van der Waals surface area contributed by atoms with Gasteiger partial charge in [-0.15, -0.1) is 11.8 Å². The Kier molecular flexibility index (Phi) is 7.77. The molecular weight excluding hydrogens is 396 g/mol. The van der Waals surface area contributed by atoms with Crippen molar-refractivity contribution in [3.8, 4) is 5.75 Å². The highest BCUT2D eigenvalue weighted by atomic mass is 32.2. The summed E-state index contributed by atoms with van der Waals surface area (Å²) >= 11 is 1.63. The number of hydrogen-bond donors (Lipinski definition) is 1. The summed E-state index contributed by atoms with van der Waals surface area (Å²) in [6.45, 7) is 4.03. The minimum Gasteiger partial charge on any atom is -0.495 e. The van der Waals surface area contributed by atoms with E-state index in [4.69, 9.17) is 4.74 Å². The zero-order valence-electron chi connectivity index (χ0n) is 16.6. The number of sulfonamides is 1. The zero-order valence-corrected chi connectivity index (χ0v) is 18.2. The van der Waals surface area contributed by atoms with Gasteiger partial charge in [0.05, 0.1) is 19.1 Å². The predicted molar refractivity (Wildman–Crippen MR) is 115 cm³/mol. The number of anilines is 1. The number of thioether (sulfide) groups is 1. The number of methoxy groups -OCH3 is 1. The van der Waals surface area contributed by atoms with Gasteiger partial charge in [0.25, 0.3) is 0 Å². The van der Waals surface area contributed by atoms with Crippen molar-refractivity contribution in [1.82, 2.24) is 5.32 Å². The van der Waals surface area contributed by atoms with Crippen molar-refractivity contribution in [2.75, 3.05) is 36.5 Å². The maximum absolute atomic E-state index is 12.3. The van der Waals surface area contributed by atoms with E-state index in [9.17, 15) is 13.2 Å². The lowest BCUT2D eigenvalue weighted by Crippen LogP contribution is -2.41. The first kappa shape index (κ1) is 22.1. The molecule has 0 atom stereocenters. The van der Waals surface area contributed by atoms with Crippen LogP contribution >= 0.6 is 11.8 Å². The van der Waals surface area contributed by atoms with Crippen molar-refractivity contribution in [1.29, 1.82) is 0 Å². The van der Waals surface area contributed by atoms with E-state index in [1.807, 2.05) is 44.2 Å². The molecule has 0 heterocycles. The molecule has 0 unspecified atom stereocenters. The number of hydrogen-bond acceptors (Lipinski definition) is 5. The molecule has 0 bridgehead atoms. The maximum Gasteiger partial charge on any atom is 0.240 e. The second-order valence-corrected chi connectivity index (χ2v) is 9.53. The molecule has 0 saturated heterocycles. The second-order valence-electron chi connectivity index (χ2n) is 6.46. The van der Waals surface area contributed by atoms with Crippen LogP contribution in [0.15, 0.2) is 47.4 Å². The lowest BCUT2D eigenvalue weighted by atomic mass is 10.2. The normalized spacial score (nSPS) is 11.1. The molecule has 0 aromatic heterocycles. The van der Waals surface area contributed by atoms with Crippen LogP contribution in [0.3, 0.4) is 0 Å². The van der Waals surface area contributed by atoms with Crippen molar-refractivity contribution < 1.29 is 17.9 Å². The average molecular weight is 423 g/mol. The van der Waals surface area contributed by atoms with E-state index in [-0.39, 0.29) is 12.5 Å². The van der Waals surface area contributed by atoms with Gasteiger partial charge in [-0.05, 0) is 43.7 Å². The minimum absolute atomic E-state index is 0.298. The number of aryl methyl sites for hydroxylation is 2. The summed E-state index contributed by atoms with van der Waals surface area (Å²) in [5, 5.41) is 2.78. The van der Waals surface area contributed by atoms with Gasteiger partial charge in [0.2, 0.25) is 15.9 Å². The molecule has 1 amide bonds. The molecular formula is C20H26N2O4S2. The minimum atomic E-state index is -3.65. The number of nitrogens with one attached hydrogen (secondary N) is 1. The molecule has 0 saturated carbocycles. The number of ether oxygens (including phenoxy) is 1. The van der Waals surface area contributed by atoms with Crippen LogP contribution < -0.4 is 14.4 Å². The van der Waals surface area contributed by atoms with Crippen molar-refractivity contribution in [2.24, 2.45) is 0 Å². The summed E-state index contributed by atoms with van der Waals surface area (Å²) < 4.78 is 30.9. The quantitative estimate of drug-likeness (QED) is 0.497. The third-order valence-corrected chi connectivity index (χ3v) is 6.14. The predicted octanol–water partition coefficient (Wildman–Crippen LogP) is 2.99. The summed E-state index contributed by atoms with van der Waals surface area (Å²) in [7, 11) is -2.18. The molecule has 152 valence electrons. The Morgan fingerprint density at radius 3 is 2.36 bits per heavy atom. The first-order valence-electron chi connectivity index (χ1n) is 8.79. The Balaban J connectivity index is 1.98. The standard InChI is InChI=1S/C20H26N2O4S2/c1-15-5-8-17(9-6-15)27-12-11-21-20(23)14-22(28(4,24)25)18-13-16(2)7-10-19(18)26-3/h5-10,13H,11-12,14H2,1-4H3,(H,21,23). The number of rotatable bonds is 9. The highest BCUT2D eigenvalue weighted by Gasteiger charge is 2.24. The van der Waals surface area contributed by atoms with E-state index in [0.717, 1.165) is 21.0 Å². The van der Waals surface area contributed by atoms with Crippen molar-refractivity contribution in [3.05, 3.63) is 53.6 Å². The van der Waals surface area contributed by atoms with Crippen LogP contribution in [0.2, 0.25) is 0 Å². The van der Waals surface area contributed by atoms with Gasteiger partial charge in [-0.25, -0.2) is 8.42 Å². The molecule has 6 nitrogen and oxygen atoms in total. The molecule has 0 aliphatic carbocycles. The molecule has 2 aromatic carbocycles. The number of carbonyl (C=O) groups is 1. The lowest BCUT2D eigenvalue weighted by molar-refractivity contribution is -0.119. The Hall–Kier alpha value is -2.19. The average Bonchev–Trinajstić information content (AvgIpc) is 2.64. The van der Waals surface area contributed by atoms with E-state index in [1.165, 1.54) is 12.7 Å². The van der Waals surface area contributed by atoms with Gasteiger partial charge in [0.15, 0.2) is 0 Å². The number of carbonyl (C=O) groups excluding carboxylic acids is 1. The Bertz CT molecular complexity index is 912. The second kappa shape index (κ2) is 9.84. The summed E-state index contributed by atoms with van der Waals surface area (Å²) in [5.41, 5.74) is 2.43. The van der Waals surface area contributed by atoms with Gasteiger partial charge in [-0.1, -0.05) is 23.8 Å². The van der Waals surface area contributed by atoms with Gasteiger partial charge < -0.3 is 10.1 Å². The molecule has 0 radical (unpaired) electrons. The number of benzene rings is 2. The molecule has 1 N–H and O–H groups in total. The van der Waals surface area contributed by atoms with Gasteiger partial charge >= 0.3 is 0 Å². The smallest absolute Gasteiger partial charge is 0.240 e. The van der Waals surface area contributed by atoms with Crippen LogP contribution in [0.4, 0.5) is 5.69 Å². The monoisotopic (exact) mass is 422 g/mol. The lowest BCUT2D eigenvalue weighted by Gasteiger charge is -2.24. The molecule has 0 fully saturated rings. The van der Waals surface area contributed by atoms with Crippen LogP contribution in [-0.2, 0) is 14.8 Å². The molecule has 28 heavy (non-hydrogen) atoms. The highest BCUT2D eigenvalue weighted by Crippen LogP contribution is 2.30. The Labute approximate surface area is 171 Å². The van der Waals surface area contributed by atoms with Crippen LogP contribution in [0.1, 0.15) is 11.1 Å². The SMILES string of the molecule is COc1ccc(C)cc1N(CC(=O)NCCSc1ccc(C)cc1)S(C)(=O)=O. The van der Waals surface area contributed by atoms with E-state index in [2.05, 4.69) is 5.32 Å². The fraction of sp³-hybridized carbons (Fsp3) is 0.350. The maximum atomic E-state index is 12.3. The number of amides is 1. The van der Waals surface area contributed by atoms with Crippen LogP contribution in [-0.4, -0.2) is 46.5 Å². The third-order valence-electron chi connectivity index (χ3n) is 4.00. The van der Waals surface area contributed by atoms with E-state index >= 15 is 0 Å². The van der Waals surface area contributed by atoms with Gasteiger partial charge in [-0.3, -0.25) is 9.10 Å². The zero-order chi connectivity index (χ0) is 20.7. The molecule has 0 spiro atoms. The van der Waals surface area contributed by atoms with Gasteiger partial charge in [0.1, 0.15) is 12.3 Å². The van der Waals surface area contributed by atoms with Gasteiger partial charge in [-0.2, -0.15) is 0 Å². The summed E-state index contributed by atoms with van der Waals surface area (Å²) in [6, 6.07) is 13.4. The first-order valence-corrected chi connectivity index (χ1v) is 11.6. The molecule has 0 aliphatic rings. The third kappa shape index (κ3) is 6.45. The van der Waals surface area contributed by atoms with E-state index in [0.29, 0.717) is 23.7 Å². The fourth-order valence-electron chi connectivity index (χ4n) is 2.56. The van der Waals surface area contributed by atoms with Crippen LogP contribution in [0.25, 0.3) is 0 Å². The number of nitrogens with zero attached hydrogens (tertiary/aromatic N) is 1. The van der Waals surface area contributed by atoms with Crippen molar-refractivity contribution in [2.45, 2.75) is 18.7 Å². The van der Waals surface area contributed by atoms with Crippen molar-refractivity contribution >= 4 is 33.4 Å². The van der Waals surface area contributed by atoms with Crippen LogP contribution in [0.5, 0.6) is 5.75 Å². The fourth-order valence-corrected chi connectivity index (χ4v) is 4.18. The molecule has 2 rings (SSSR count). The van der Waals surface area contributed by atoms with E-state index < -0.39 is 10.0 Å².